The second kappa shape index (κ2) is 4.97. The molecule has 0 radical (unpaired) electrons. The molecule has 0 saturated heterocycles. The third kappa shape index (κ3) is 2.72. The number of nitrogen functional groups attached to an aromatic ring is 1. The van der Waals surface area contributed by atoms with Crippen LogP contribution in [0.15, 0.2) is 30.6 Å². The lowest BCUT2D eigenvalue weighted by molar-refractivity contribution is 0.102. The zero-order valence-corrected chi connectivity index (χ0v) is 9.78. The fraction of sp³-hybridized carbons (Fsp3) is 0. The summed E-state index contributed by atoms with van der Waals surface area (Å²) < 4.78 is 13.4. The van der Waals surface area contributed by atoms with Crippen molar-refractivity contribution in [2.24, 2.45) is 0 Å². The molecule has 0 aliphatic heterocycles. The molecule has 18 heavy (non-hydrogen) atoms. The van der Waals surface area contributed by atoms with E-state index in [4.69, 9.17) is 17.3 Å². The van der Waals surface area contributed by atoms with Crippen molar-refractivity contribution in [3.8, 4) is 0 Å². The van der Waals surface area contributed by atoms with Crippen LogP contribution in [0.4, 0.5) is 15.9 Å². The van der Waals surface area contributed by atoms with Crippen LogP contribution in [0.25, 0.3) is 0 Å². The van der Waals surface area contributed by atoms with Gasteiger partial charge in [-0.15, -0.1) is 0 Å². The molecule has 3 N–H and O–H groups in total. The molecule has 7 heteroatoms. The summed E-state index contributed by atoms with van der Waals surface area (Å²) in [7, 11) is 0. The minimum atomic E-state index is -0.626. The Balaban J connectivity index is 2.18. The van der Waals surface area contributed by atoms with Crippen LogP contribution in [-0.2, 0) is 0 Å². The quantitative estimate of drug-likeness (QED) is 0.872. The number of carbonyl (C=O) groups excluding carboxylic acids is 1. The van der Waals surface area contributed by atoms with E-state index in [1.165, 1.54) is 24.5 Å². The number of hydrogen-bond donors (Lipinski definition) is 2. The number of benzene rings is 1. The highest BCUT2D eigenvalue weighted by Crippen LogP contribution is 2.19. The lowest BCUT2D eigenvalue weighted by atomic mass is 10.3. The van der Waals surface area contributed by atoms with Crippen molar-refractivity contribution in [3.05, 3.63) is 47.1 Å². The molecule has 2 rings (SSSR count). The molecular formula is C11H8ClFN4O. The van der Waals surface area contributed by atoms with Gasteiger partial charge in [-0.3, -0.25) is 4.79 Å². The molecule has 0 spiro atoms. The van der Waals surface area contributed by atoms with Crippen molar-refractivity contribution in [1.29, 1.82) is 0 Å². The first-order valence-corrected chi connectivity index (χ1v) is 5.28. The summed E-state index contributed by atoms with van der Waals surface area (Å²) >= 11 is 5.60. The van der Waals surface area contributed by atoms with Gasteiger partial charge in [-0.25, -0.2) is 14.4 Å². The molecule has 0 atom stereocenters. The topological polar surface area (TPSA) is 80.9 Å². The zero-order chi connectivity index (χ0) is 13.1. The van der Waals surface area contributed by atoms with Crippen LogP contribution in [0.5, 0.6) is 0 Å². The molecule has 1 aromatic heterocycles. The number of nitrogens with two attached hydrogens (primary N) is 1. The number of rotatable bonds is 2. The predicted octanol–water partition coefficient (Wildman–Crippen LogP) is 2.10. The summed E-state index contributed by atoms with van der Waals surface area (Å²) in [5.41, 5.74) is 5.40. The third-order valence-electron chi connectivity index (χ3n) is 2.08. The summed E-state index contributed by atoms with van der Waals surface area (Å²) in [6.07, 6.45) is 2.45. The van der Waals surface area contributed by atoms with Gasteiger partial charge in [0.25, 0.3) is 5.91 Å². The highest BCUT2D eigenvalue weighted by atomic mass is 35.5. The molecule has 0 saturated carbocycles. The van der Waals surface area contributed by atoms with Crippen LogP contribution in [0.2, 0.25) is 5.02 Å². The molecule has 0 fully saturated rings. The summed E-state index contributed by atoms with van der Waals surface area (Å²) in [6, 6.07) is 3.93. The Labute approximate surface area is 107 Å². The number of hydrogen-bond acceptors (Lipinski definition) is 4. The Hall–Kier alpha value is -2.21. The van der Waals surface area contributed by atoms with Gasteiger partial charge in [-0.2, -0.15) is 0 Å². The van der Waals surface area contributed by atoms with E-state index in [-0.39, 0.29) is 22.2 Å². The van der Waals surface area contributed by atoms with Gasteiger partial charge in [0.2, 0.25) is 0 Å². The Morgan fingerprint density at radius 1 is 1.33 bits per heavy atom. The van der Waals surface area contributed by atoms with E-state index in [2.05, 4.69) is 15.3 Å². The van der Waals surface area contributed by atoms with E-state index in [1.807, 2.05) is 0 Å². The lowest BCUT2D eigenvalue weighted by Gasteiger charge is -2.05. The maximum Gasteiger partial charge on any atom is 0.275 e. The molecule has 1 aromatic carbocycles. The highest BCUT2D eigenvalue weighted by Gasteiger charge is 2.11. The molecule has 2 aromatic rings. The van der Waals surface area contributed by atoms with Gasteiger partial charge in [0.05, 0.1) is 18.1 Å². The Bertz CT molecular complexity index is 588. The standard InChI is InChI=1S/C11H8ClFN4O/c12-6-1-2-8(7(13)3-6)17-11(18)9-4-16-10(14)5-15-9/h1-5H,(H2,14,16)(H,17,18). The van der Waals surface area contributed by atoms with Crippen LogP contribution in [0.1, 0.15) is 10.5 Å². The number of carbonyl (C=O) groups is 1. The van der Waals surface area contributed by atoms with Crippen molar-refractivity contribution < 1.29 is 9.18 Å². The molecule has 1 amide bonds. The number of nitrogens with one attached hydrogen (secondary N) is 1. The second-order valence-electron chi connectivity index (χ2n) is 3.40. The van der Waals surface area contributed by atoms with Gasteiger partial charge in [0.15, 0.2) is 0 Å². The van der Waals surface area contributed by atoms with E-state index in [9.17, 15) is 9.18 Å². The van der Waals surface area contributed by atoms with Crippen molar-refractivity contribution in [2.45, 2.75) is 0 Å². The molecule has 0 aliphatic carbocycles. The van der Waals surface area contributed by atoms with Crippen molar-refractivity contribution in [2.75, 3.05) is 11.1 Å². The summed E-state index contributed by atoms with van der Waals surface area (Å²) in [5, 5.41) is 2.61. The molecule has 1 heterocycles. The van der Waals surface area contributed by atoms with E-state index in [0.717, 1.165) is 6.07 Å². The van der Waals surface area contributed by atoms with Crippen LogP contribution >= 0.6 is 11.6 Å². The smallest absolute Gasteiger partial charge is 0.275 e. The van der Waals surface area contributed by atoms with E-state index in [0.29, 0.717) is 0 Å². The number of halogens is 2. The first-order chi connectivity index (χ1) is 8.56. The average Bonchev–Trinajstić information content (AvgIpc) is 2.33. The first kappa shape index (κ1) is 12.3. The fourth-order valence-electron chi connectivity index (χ4n) is 1.23. The average molecular weight is 267 g/mol. The Morgan fingerprint density at radius 2 is 2.11 bits per heavy atom. The van der Waals surface area contributed by atoms with Gasteiger partial charge in [-0.1, -0.05) is 11.6 Å². The monoisotopic (exact) mass is 266 g/mol. The summed E-state index contributed by atoms with van der Waals surface area (Å²) in [6.45, 7) is 0. The molecular weight excluding hydrogens is 259 g/mol. The molecule has 0 aliphatic rings. The van der Waals surface area contributed by atoms with Crippen LogP contribution in [0.3, 0.4) is 0 Å². The van der Waals surface area contributed by atoms with Gasteiger partial charge in [0.1, 0.15) is 17.3 Å². The minimum absolute atomic E-state index is 0.0167. The van der Waals surface area contributed by atoms with Gasteiger partial charge < -0.3 is 11.1 Å². The highest BCUT2D eigenvalue weighted by molar-refractivity contribution is 6.30. The lowest BCUT2D eigenvalue weighted by Crippen LogP contribution is -2.15. The van der Waals surface area contributed by atoms with Crippen molar-refractivity contribution >= 4 is 29.0 Å². The molecule has 0 unspecified atom stereocenters. The number of nitrogens with zero attached hydrogens (tertiary/aromatic N) is 2. The zero-order valence-electron chi connectivity index (χ0n) is 9.02. The molecule has 0 bridgehead atoms. The van der Waals surface area contributed by atoms with Crippen LogP contribution in [0, 0.1) is 5.82 Å². The number of aromatic nitrogens is 2. The van der Waals surface area contributed by atoms with Crippen molar-refractivity contribution in [3.63, 3.8) is 0 Å². The molecule has 92 valence electrons. The van der Waals surface area contributed by atoms with Gasteiger partial charge in [0, 0.05) is 5.02 Å². The van der Waals surface area contributed by atoms with E-state index >= 15 is 0 Å². The Morgan fingerprint density at radius 3 is 2.72 bits per heavy atom. The Kier molecular flexibility index (Phi) is 3.38. The maximum absolute atomic E-state index is 13.4. The van der Waals surface area contributed by atoms with Crippen molar-refractivity contribution in [1.82, 2.24) is 9.97 Å². The maximum atomic E-state index is 13.4. The normalized spacial score (nSPS) is 10.1. The van der Waals surface area contributed by atoms with E-state index < -0.39 is 11.7 Å². The number of anilines is 2. The van der Waals surface area contributed by atoms with E-state index in [1.54, 1.807) is 0 Å². The first-order valence-electron chi connectivity index (χ1n) is 4.90. The largest absolute Gasteiger partial charge is 0.382 e. The van der Waals surface area contributed by atoms with Crippen LogP contribution in [-0.4, -0.2) is 15.9 Å². The second-order valence-corrected chi connectivity index (χ2v) is 3.84. The van der Waals surface area contributed by atoms with Crippen LogP contribution < -0.4 is 11.1 Å². The number of amides is 1. The predicted molar refractivity (Wildman–Crippen MR) is 65.8 cm³/mol. The van der Waals surface area contributed by atoms with Gasteiger partial charge >= 0.3 is 0 Å². The fourth-order valence-corrected chi connectivity index (χ4v) is 1.39. The SMILES string of the molecule is Nc1cnc(C(=O)Nc2ccc(Cl)cc2F)cn1. The summed E-state index contributed by atoms with van der Waals surface area (Å²) in [4.78, 5) is 19.2. The summed E-state index contributed by atoms with van der Waals surface area (Å²) in [5.74, 6) is -1.01. The third-order valence-corrected chi connectivity index (χ3v) is 2.32. The van der Waals surface area contributed by atoms with Gasteiger partial charge in [-0.05, 0) is 18.2 Å². The molecule has 5 nitrogen and oxygen atoms in total. The minimum Gasteiger partial charge on any atom is -0.382 e.